The molecule has 21 heteroatoms. The van der Waals surface area contributed by atoms with Gasteiger partial charge in [0.15, 0.2) is 11.6 Å². The first-order valence-corrected chi connectivity index (χ1v) is 35.2. The number of H-pyrrole nitrogens is 4. The monoisotopic (exact) mass is 1480 g/mol. The van der Waals surface area contributed by atoms with E-state index in [2.05, 4.69) is 77.8 Å². The molecule has 0 radical (unpaired) electrons. The van der Waals surface area contributed by atoms with Crippen LogP contribution in [0.2, 0.25) is 0 Å². The van der Waals surface area contributed by atoms with Crippen molar-refractivity contribution >= 4 is 55.5 Å². The van der Waals surface area contributed by atoms with Gasteiger partial charge in [0, 0.05) is 126 Å². The molecule has 9 heterocycles. The van der Waals surface area contributed by atoms with Crippen molar-refractivity contribution in [3.63, 3.8) is 0 Å². The third-order valence-corrected chi connectivity index (χ3v) is 18.6. The van der Waals surface area contributed by atoms with Gasteiger partial charge in [-0.15, -0.1) is 0 Å². The second-order valence-corrected chi connectivity index (χ2v) is 25.8. The van der Waals surface area contributed by atoms with E-state index in [1.807, 2.05) is 133 Å². The molecular weight excluding hydrogens is 1420 g/mol. The highest BCUT2D eigenvalue weighted by Gasteiger charge is 2.18. The average Bonchev–Trinajstić information content (AvgIpc) is 1.30. The Morgan fingerprint density at radius 1 is 0.286 bits per heavy atom. The van der Waals surface area contributed by atoms with Crippen molar-refractivity contribution in [1.82, 2.24) is 65.7 Å². The van der Waals surface area contributed by atoms with E-state index in [-0.39, 0.29) is 23.3 Å². The molecule has 15 nitrogen and oxygen atoms in total. The molecule has 544 valence electrons. The summed E-state index contributed by atoms with van der Waals surface area (Å²) in [6.07, 6.45) is 16.8. The summed E-state index contributed by atoms with van der Waals surface area (Å²) in [5.74, 6) is -2.79. The number of aryl methyl sites for hydroxylation is 1. The number of nitrogens with zero attached hydrogens (tertiary/aromatic N) is 9. The van der Waals surface area contributed by atoms with Crippen LogP contribution in [0.5, 0.6) is 0 Å². The van der Waals surface area contributed by atoms with Crippen LogP contribution in [0.1, 0.15) is 11.1 Å². The third-order valence-electron chi connectivity index (χ3n) is 18.6. The predicted molar refractivity (Wildman–Crippen MR) is 431 cm³/mol. The van der Waals surface area contributed by atoms with Gasteiger partial charge in [-0.3, -0.25) is 45.3 Å². The second kappa shape index (κ2) is 32.9. The molecule has 112 heavy (non-hydrogen) atoms. The fraction of sp³-hybridized carbons (Fsp3) is 0.0110. The Labute approximate surface area is 636 Å². The lowest BCUT2D eigenvalue weighted by atomic mass is 9.97. The zero-order valence-corrected chi connectivity index (χ0v) is 59.5. The summed E-state index contributed by atoms with van der Waals surface area (Å²) < 4.78 is 81.0. The molecule has 0 aliphatic carbocycles. The Hall–Kier alpha value is -15.1. The van der Waals surface area contributed by atoms with E-state index >= 15 is 0 Å². The molecule has 19 aromatic rings. The van der Waals surface area contributed by atoms with Crippen LogP contribution in [-0.4, -0.2) is 71.9 Å². The number of benzene rings is 10. The van der Waals surface area contributed by atoms with Crippen molar-refractivity contribution in [2.24, 2.45) is 0 Å². The molecule has 0 bridgehead atoms. The number of aromatic amines is 4. The molecule has 9 aromatic heterocycles. The number of fused-ring (bicyclic) bond motifs is 4. The maximum Gasteiger partial charge on any atom is 0.159 e. The molecule has 0 fully saturated rings. The first kappa shape index (κ1) is 72.4. The molecule has 19 rings (SSSR count). The van der Waals surface area contributed by atoms with Crippen LogP contribution < -0.4 is 5.73 Å². The first-order valence-electron chi connectivity index (χ1n) is 35.2. The summed E-state index contributed by atoms with van der Waals surface area (Å²) in [4.78, 5) is 22.1. The Balaban J connectivity index is 0.000000111. The highest BCUT2D eigenvalue weighted by molar-refractivity contribution is 5.93. The Morgan fingerprint density at radius 3 is 1.07 bits per heavy atom. The van der Waals surface area contributed by atoms with Gasteiger partial charge in [0.25, 0.3) is 0 Å². The Bertz CT molecular complexity index is 6430. The topological polar surface area (TPSA) is 229 Å². The summed E-state index contributed by atoms with van der Waals surface area (Å²) in [6, 6.07) is 77.1. The van der Waals surface area contributed by atoms with Crippen LogP contribution in [0.3, 0.4) is 0 Å². The highest BCUT2D eigenvalue weighted by atomic mass is 19.2. The number of hydrogen-bond donors (Lipinski definition) is 6. The van der Waals surface area contributed by atoms with Crippen molar-refractivity contribution < 1.29 is 26.3 Å². The van der Waals surface area contributed by atoms with Gasteiger partial charge in [0.2, 0.25) is 0 Å². The van der Waals surface area contributed by atoms with Gasteiger partial charge in [0.05, 0.1) is 75.3 Å². The molecular formula is C91H63F6N15. The number of nitrogens with two attached hydrogens (primary N) is 1. The van der Waals surface area contributed by atoms with Gasteiger partial charge >= 0.3 is 0 Å². The fourth-order valence-electron chi connectivity index (χ4n) is 13.0. The minimum atomic E-state index is -0.886. The maximum atomic E-state index is 14.1. The van der Waals surface area contributed by atoms with Gasteiger partial charge in [0.1, 0.15) is 23.3 Å². The lowest BCUT2D eigenvalue weighted by Crippen LogP contribution is -1.95. The largest absolute Gasteiger partial charge is 0.398 e. The number of nitrogens with one attached hydrogen (secondary N) is 5. The van der Waals surface area contributed by atoms with Crippen molar-refractivity contribution in [2.45, 2.75) is 6.92 Å². The molecule has 0 saturated carbocycles. The van der Waals surface area contributed by atoms with E-state index in [9.17, 15) is 26.3 Å². The molecule has 7 N–H and O–H groups in total. The number of halogens is 6. The molecule has 0 aliphatic heterocycles. The fourth-order valence-corrected chi connectivity index (χ4v) is 13.0. The molecule has 0 saturated heterocycles. The van der Waals surface area contributed by atoms with Crippen LogP contribution in [0.4, 0.5) is 32.0 Å². The Morgan fingerprint density at radius 2 is 0.652 bits per heavy atom. The molecule has 10 aromatic carbocycles. The second-order valence-electron chi connectivity index (χ2n) is 25.8. The molecule has 0 atom stereocenters. The summed E-state index contributed by atoms with van der Waals surface area (Å²) >= 11 is 0. The summed E-state index contributed by atoms with van der Waals surface area (Å²) in [7, 11) is 0. The maximum absolute atomic E-state index is 14.1. The van der Waals surface area contributed by atoms with E-state index in [0.717, 1.165) is 145 Å². The predicted octanol–water partition coefficient (Wildman–Crippen LogP) is 22.3. The van der Waals surface area contributed by atoms with E-state index in [4.69, 9.17) is 11.1 Å². The lowest BCUT2D eigenvalue weighted by Gasteiger charge is -2.11. The van der Waals surface area contributed by atoms with Crippen molar-refractivity contribution in [2.75, 3.05) is 5.73 Å². The van der Waals surface area contributed by atoms with Gasteiger partial charge in [-0.1, -0.05) is 115 Å². The quantitative estimate of drug-likeness (QED) is 0.0408. The summed E-state index contributed by atoms with van der Waals surface area (Å²) in [5.41, 5.74) is 28.2. The SMILES string of the molecule is Cc1cc(-c2ncccc2-c2ccc3cn[nH]c3c2)ccc1F.Fc1ccc(-c2ncccc2-c2ccc3cn[nH]c3c2)cc1.Fc1ccc(-c2ncccc2-c2ccc3cn[nH]c3c2)cc1F.Fc1cccc(-c2ncccc2-c2ccc3cn[nH]c3c2)c1.N=Cc1ccc(-c2cccnc2-c2ccccc2F)cc1N. The number of nitrogen functional groups attached to an aromatic ring is 1. The number of pyridine rings is 5. The number of rotatable bonds is 11. The van der Waals surface area contributed by atoms with E-state index in [1.165, 1.54) is 48.7 Å². The Kier molecular flexibility index (Phi) is 21.3. The normalized spacial score (nSPS) is 10.9. The van der Waals surface area contributed by atoms with E-state index in [0.29, 0.717) is 39.3 Å². The van der Waals surface area contributed by atoms with Crippen molar-refractivity contribution in [3.05, 3.63) is 363 Å². The van der Waals surface area contributed by atoms with Crippen LogP contribution in [0, 0.1) is 47.2 Å². The van der Waals surface area contributed by atoms with Crippen LogP contribution in [0.15, 0.2) is 317 Å². The van der Waals surface area contributed by atoms with Crippen LogP contribution >= 0.6 is 0 Å². The van der Waals surface area contributed by atoms with E-state index in [1.54, 1.807) is 123 Å². The smallest absolute Gasteiger partial charge is 0.159 e. The van der Waals surface area contributed by atoms with E-state index < -0.39 is 11.6 Å². The summed E-state index contributed by atoms with van der Waals surface area (Å²) in [5, 5.41) is 39.5. The lowest BCUT2D eigenvalue weighted by molar-refractivity contribution is 0.509. The standard InChI is InChI=1S/C19H14FN3.C18H11F2N3.2C18H12FN3.C18H14FN3/c1-12-9-14(6-7-17(12)20)19-16(3-2-8-21-19)13-4-5-15-11-22-23-18(15)10-13;19-15-6-5-12(8-16(15)20)18-14(2-1-7-21-18)11-3-4-13-10-22-23-17(13)9-11;19-15-4-1-3-13(9-15)18-16(5-2-8-20-18)12-6-7-14-11-21-22-17(14)10-12;19-15-7-5-12(6-8-15)18-16(2-1-9-20-18)13-3-4-14-11-21-22-17(14)10-13;19-16-6-2-1-4-15(16)18-14(5-3-9-22-18)12-7-8-13(11-20)17(21)10-12/h2-11H,1H3,(H,22,23);1-10H,(H,22,23);2*1-11H,(H,21,22);1-11,20H,21H2. The number of hydrogen-bond acceptors (Lipinski definition) is 11. The first-order chi connectivity index (χ1) is 54.8. The molecule has 0 aliphatic rings. The number of aromatic nitrogens is 13. The van der Waals surface area contributed by atoms with Crippen molar-refractivity contribution in [3.8, 4) is 112 Å². The van der Waals surface area contributed by atoms with Gasteiger partial charge in [-0.2, -0.15) is 20.4 Å². The zero-order chi connectivity index (χ0) is 77.0. The molecule has 0 unspecified atom stereocenters. The molecule has 0 amide bonds. The van der Waals surface area contributed by atoms with Gasteiger partial charge in [-0.05, 0) is 186 Å². The van der Waals surface area contributed by atoms with Crippen LogP contribution in [-0.2, 0) is 0 Å². The van der Waals surface area contributed by atoms with Gasteiger partial charge < -0.3 is 11.1 Å². The highest BCUT2D eigenvalue weighted by Crippen LogP contribution is 2.38. The minimum Gasteiger partial charge on any atom is -0.398 e. The third kappa shape index (κ3) is 16.1. The zero-order valence-electron chi connectivity index (χ0n) is 59.5. The van der Waals surface area contributed by atoms with Gasteiger partial charge in [-0.25, -0.2) is 26.3 Å². The minimum absolute atomic E-state index is 0.204. The molecule has 0 spiro atoms. The number of anilines is 1. The van der Waals surface area contributed by atoms with Crippen LogP contribution in [0.25, 0.3) is 156 Å². The van der Waals surface area contributed by atoms with Crippen molar-refractivity contribution in [1.29, 1.82) is 5.41 Å². The average molecular weight is 1480 g/mol. The summed E-state index contributed by atoms with van der Waals surface area (Å²) in [6.45, 7) is 1.76.